The van der Waals surface area contributed by atoms with Crippen LogP contribution in [0.1, 0.15) is 38.5 Å². The minimum atomic E-state index is -1.16. The van der Waals surface area contributed by atoms with Crippen molar-refractivity contribution in [2.75, 3.05) is 31.7 Å². The molecule has 0 saturated carbocycles. The molecule has 4 unspecified atom stereocenters. The molecule has 3 amide bonds. The molecule has 0 aromatic rings. The zero-order valence-corrected chi connectivity index (χ0v) is 18.7. The van der Waals surface area contributed by atoms with Crippen LogP contribution in [0.3, 0.4) is 0 Å². The van der Waals surface area contributed by atoms with E-state index >= 15 is 0 Å². The lowest BCUT2D eigenvalue weighted by atomic mass is 10.1. The summed E-state index contributed by atoms with van der Waals surface area (Å²) >= 11 is 1.49. The number of nitrogens with one attached hydrogen (secondary N) is 2. The molecular weight excluding hydrogens is 426 g/mol. The van der Waals surface area contributed by atoms with Crippen molar-refractivity contribution in [1.29, 1.82) is 0 Å². The van der Waals surface area contributed by atoms with Gasteiger partial charge in [0.15, 0.2) is 0 Å². The zero-order valence-electron chi connectivity index (χ0n) is 17.9. The van der Waals surface area contributed by atoms with Crippen LogP contribution in [0.4, 0.5) is 0 Å². The number of hydrogen-bond donors (Lipinski definition) is 6. The largest absolute Gasteiger partial charge is 0.480 e. The molecule has 0 aromatic heterocycles. The van der Waals surface area contributed by atoms with E-state index in [0.29, 0.717) is 57.4 Å². The number of aliphatic hydroxyl groups is 1. The number of carboxylic acid groups (broad SMARTS) is 1. The van der Waals surface area contributed by atoms with Crippen LogP contribution in [0.25, 0.3) is 0 Å². The second-order valence-electron chi connectivity index (χ2n) is 7.51. The standard InChI is InChI=1S/C19H35N5O6S/c1-31-10-7-13(22-16(26)12(21)11-25)17(27)23-14(5-2-3-8-20)18(28)24-9-4-6-15(24)19(29)30/h12-15,25H,2-11,20-21H2,1H3,(H,22,26)(H,23,27)(H,29,30). The minimum absolute atomic E-state index is 0.308. The minimum Gasteiger partial charge on any atom is -0.480 e. The fourth-order valence-electron chi connectivity index (χ4n) is 3.38. The number of carbonyl (C=O) groups is 4. The van der Waals surface area contributed by atoms with Crippen LogP contribution in [0, 0.1) is 0 Å². The van der Waals surface area contributed by atoms with Crippen LogP contribution in [0.2, 0.25) is 0 Å². The first kappa shape index (κ1) is 27.1. The topological polar surface area (TPSA) is 188 Å². The molecule has 1 aliphatic rings. The van der Waals surface area contributed by atoms with Crippen LogP contribution >= 0.6 is 11.8 Å². The third-order valence-electron chi connectivity index (χ3n) is 5.16. The normalized spacial score (nSPS) is 18.8. The molecule has 0 spiro atoms. The highest BCUT2D eigenvalue weighted by atomic mass is 32.2. The Balaban J connectivity index is 2.95. The number of rotatable bonds is 14. The summed E-state index contributed by atoms with van der Waals surface area (Å²) < 4.78 is 0. The maximum absolute atomic E-state index is 13.1. The predicted octanol–water partition coefficient (Wildman–Crippen LogP) is -1.77. The number of likely N-dealkylation sites (tertiary alicyclic amines) is 1. The molecule has 0 radical (unpaired) electrons. The van der Waals surface area contributed by atoms with Crippen LogP contribution in [-0.2, 0) is 19.2 Å². The van der Waals surface area contributed by atoms with Gasteiger partial charge in [0.05, 0.1) is 6.61 Å². The summed E-state index contributed by atoms with van der Waals surface area (Å²) in [6.45, 7) is 0.188. The van der Waals surface area contributed by atoms with Gasteiger partial charge in [0, 0.05) is 6.54 Å². The number of carboxylic acids is 1. The van der Waals surface area contributed by atoms with E-state index in [0.717, 1.165) is 0 Å². The van der Waals surface area contributed by atoms with Gasteiger partial charge in [-0.3, -0.25) is 14.4 Å². The molecule has 1 aliphatic heterocycles. The molecule has 4 atom stereocenters. The first-order valence-electron chi connectivity index (χ1n) is 10.5. The molecule has 1 heterocycles. The van der Waals surface area contributed by atoms with Gasteiger partial charge in [-0.1, -0.05) is 0 Å². The molecule has 0 aromatic carbocycles. The summed E-state index contributed by atoms with van der Waals surface area (Å²) in [7, 11) is 0. The molecule has 1 fully saturated rings. The number of aliphatic carboxylic acids is 1. The molecule has 8 N–H and O–H groups in total. The number of nitrogens with two attached hydrogens (primary N) is 2. The number of carbonyl (C=O) groups excluding carboxylic acids is 3. The first-order valence-corrected chi connectivity index (χ1v) is 11.9. The number of thioether (sulfide) groups is 1. The lowest BCUT2D eigenvalue weighted by Gasteiger charge is -2.29. The lowest BCUT2D eigenvalue weighted by Crippen LogP contribution is -2.57. The summed E-state index contributed by atoms with van der Waals surface area (Å²) in [4.78, 5) is 50.9. The van der Waals surface area contributed by atoms with Crippen molar-refractivity contribution in [3.8, 4) is 0 Å². The SMILES string of the molecule is CSCCC(NC(=O)C(N)CO)C(=O)NC(CCCCN)C(=O)N1CCCC1C(=O)O. The van der Waals surface area contributed by atoms with Crippen LogP contribution in [0.5, 0.6) is 0 Å². The molecule has 11 nitrogen and oxygen atoms in total. The van der Waals surface area contributed by atoms with Gasteiger partial charge in [0.1, 0.15) is 24.2 Å². The number of nitrogens with zero attached hydrogens (tertiary/aromatic N) is 1. The van der Waals surface area contributed by atoms with E-state index in [1.165, 1.54) is 16.7 Å². The number of amides is 3. The van der Waals surface area contributed by atoms with Gasteiger partial charge >= 0.3 is 5.97 Å². The van der Waals surface area contributed by atoms with Crippen molar-refractivity contribution in [2.24, 2.45) is 11.5 Å². The van der Waals surface area contributed by atoms with Crippen LogP contribution in [0.15, 0.2) is 0 Å². The monoisotopic (exact) mass is 461 g/mol. The van der Waals surface area contributed by atoms with Gasteiger partial charge in [0.25, 0.3) is 0 Å². The Labute approximate surface area is 186 Å². The second kappa shape index (κ2) is 14.2. The average Bonchev–Trinajstić information content (AvgIpc) is 3.24. The van der Waals surface area contributed by atoms with E-state index in [-0.39, 0.29) is 0 Å². The summed E-state index contributed by atoms with van der Waals surface area (Å²) in [5, 5.41) is 23.7. The van der Waals surface area contributed by atoms with Crippen LogP contribution < -0.4 is 22.1 Å². The Bertz CT molecular complexity index is 623. The molecule has 1 saturated heterocycles. The lowest BCUT2D eigenvalue weighted by molar-refractivity contribution is -0.149. The Morgan fingerprint density at radius 1 is 1.13 bits per heavy atom. The average molecular weight is 462 g/mol. The van der Waals surface area contributed by atoms with Crippen molar-refractivity contribution in [3.63, 3.8) is 0 Å². The van der Waals surface area contributed by atoms with Crippen molar-refractivity contribution < 1.29 is 29.4 Å². The molecule has 0 aliphatic carbocycles. The quantitative estimate of drug-likeness (QED) is 0.163. The summed E-state index contributed by atoms with van der Waals surface area (Å²) in [6, 6.07) is -3.92. The molecule has 1 rings (SSSR count). The number of hydrogen-bond acceptors (Lipinski definition) is 8. The maximum atomic E-state index is 13.1. The molecular formula is C19H35N5O6S. The van der Waals surface area contributed by atoms with E-state index < -0.39 is 54.5 Å². The molecule has 12 heteroatoms. The van der Waals surface area contributed by atoms with E-state index in [9.17, 15) is 24.3 Å². The van der Waals surface area contributed by atoms with Crippen molar-refractivity contribution in [2.45, 2.75) is 62.7 Å². The third-order valence-corrected chi connectivity index (χ3v) is 5.80. The fourth-order valence-corrected chi connectivity index (χ4v) is 3.85. The Morgan fingerprint density at radius 3 is 2.39 bits per heavy atom. The van der Waals surface area contributed by atoms with Gasteiger partial charge in [-0.2, -0.15) is 11.8 Å². The number of aliphatic hydroxyl groups excluding tert-OH is 1. The summed E-state index contributed by atoms with van der Waals surface area (Å²) in [5.41, 5.74) is 11.1. The Kier molecular flexibility index (Phi) is 12.5. The van der Waals surface area contributed by atoms with E-state index in [4.69, 9.17) is 16.6 Å². The Morgan fingerprint density at radius 2 is 1.81 bits per heavy atom. The highest BCUT2D eigenvalue weighted by molar-refractivity contribution is 7.98. The molecule has 0 bridgehead atoms. The first-order chi connectivity index (χ1) is 14.8. The second-order valence-corrected chi connectivity index (χ2v) is 8.49. The summed E-state index contributed by atoms with van der Waals surface area (Å²) in [5.74, 6) is -2.16. The Hall–Kier alpha value is -1.89. The smallest absolute Gasteiger partial charge is 0.326 e. The van der Waals surface area contributed by atoms with E-state index in [1.807, 2.05) is 6.26 Å². The predicted molar refractivity (Wildman–Crippen MR) is 117 cm³/mol. The van der Waals surface area contributed by atoms with Crippen molar-refractivity contribution in [1.82, 2.24) is 15.5 Å². The van der Waals surface area contributed by atoms with Gasteiger partial charge in [-0.15, -0.1) is 0 Å². The van der Waals surface area contributed by atoms with E-state index in [1.54, 1.807) is 0 Å². The van der Waals surface area contributed by atoms with E-state index in [2.05, 4.69) is 10.6 Å². The van der Waals surface area contributed by atoms with Gasteiger partial charge in [0.2, 0.25) is 17.7 Å². The van der Waals surface area contributed by atoms with Crippen LogP contribution in [-0.4, -0.2) is 94.7 Å². The third kappa shape index (κ3) is 8.63. The summed E-state index contributed by atoms with van der Waals surface area (Å²) in [6.07, 6.45) is 4.66. The zero-order chi connectivity index (χ0) is 23.4. The maximum Gasteiger partial charge on any atom is 0.326 e. The highest BCUT2D eigenvalue weighted by Gasteiger charge is 2.38. The highest BCUT2D eigenvalue weighted by Crippen LogP contribution is 2.20. The fraction of sp³-hybridized carbons (Fsp3) is 0.789. The molecule has 178 valence electrons. The van der Waals surface area contributed by atoms with Gasteiger partial charge in [-0.05, 0) is 57.1 Å². The van der Waals surface area contributed by atoms with Crippen molar-refractivity contribution >= 4 is 35.5 Å². The van der Waals surface area contributed by atoms with Gasteiger partial charge < -0.3 is 37.2 Å². The molecule has 31 heavy (non-hydrogen) atoms. The van der Waals surface area contributed by atoms with Gasteiger partial charge in [-0.25, -0.2) is 4.79 Å². The number of unbranched alkanes of at least 4 members (excludes halogenated alkanes) is 1. The van der Waals surface area contributed by atoms with Crippen molar-refractivity contribution in [3.05, 3.63) is 0 Å².